The van der Waals surface area contributed by atoms with E-state index in [1.807, 2.05) is 12.1 Å². The molecule has 5 rings (SSSR count). The third kappa shape index (κ3) is 6.10. The summed E-state index contributed by atoms with van der Waals surface area (Å²) in [6.45, 7) is 2.26. The van der Waals surface area contributed by atoms with E-state index in [1.165, 1.54) is 30.4 Å². The average molecular weight is 490 g/mol. The van der Waals surface area contributed by atoms with Gasteiger partial charge in [0.05, 0.1) is 6.26 Å². The molecule has 2 aliphatic rings. The second-order valence-electron chi connectivity index (χ2n) is 8.51. The summed E-state index contributed by atoms with van der Waals surface area (Å²) in [5.41, 5.74) is 4.60. The van der Waals surface area contributed by atoms with E-state index >= 15 is 0 Å². The van der Waals surface area contributed by atoms with Gasteiger partial charge in [0.2, 0.25) is 0 Å². The van der Waals surface area contributed by atoms with E-state index in [0.717, 1.165) is 37.7 Å². The molecule has 1 aliphatic heterocycles. The lowest BCUT2D eigenvalue weighted by molar-refractivity contribution is -0.192. The number of anilines is 1. The number of nitrogens with zero attached hydrogens (tertiary/aromatic N) is 2. The number of rotatable bonds is 4. The number of benzene rings is 1. The molecule has 3 N–H and O–H groups in total. The highest BCUT2D eigenvalue weighted by Gasteiger charge is 2.38. The van der Waals surface area contributed by atoms with E-state index in [-0.39, 0.29) is 5.91 Å². The van der Waals surface area contributed by atoms with Crippen molar-refractivity contribution in [2.75, 3.05) is 18.4 Å². The highest BCUT2D eigenvalue weighted by atomic mass is 19.4. The first-order valence-corrected chi connectivity index (χ1v) is 11.3. The average Bonchev–Trinajstić information content (AvgIpc) is 3.43. The zero-order valence-electron chi connectivity index (χ0n) is 18.8. The molecule has 3 heterocycles. The Morgan fingerprint density at radius 1 is 1.11 bits per heavy atom. The van der Waals surface area contributed by atoms with Gasteiger partial charge in [0.15, 0.2) is 11.5 Å². The minimum absolute atomic E-state index is 0.223. The Bertz CT molecular complexity index is 1170. The van der Waals surface area contributed by atoms with E-state index in [4.69, 9.17) is 14.3 Å². The molecule has 0 saturated heterocycles. The van der Waals surface area contributed by atoms with Gasteiger partial charge in [-0.3, -0.25) is 14.8 Å². The number of carboxylic acids is 1. The van der Waals surface area contributed by atoms with Gasteiger partial charge < -0.3 is 14.8 Å². The normalized spacial score (nSPS) is 16.3. The largest absolute Gasteiger partial charge is 0.490 e. The van der Waals surface area contributed by atoms with Crippen LogP contribution in [-0.4, -0.2) is 57.4 Å². The van der Waals surface area contributed by atoms with E-state index in [1.54, 1.807) is 18.4 Å². The maximum atomic E-state index is 12.6. The molecule has 0 bridgehead atoms. The summed E-state index contributed by atoms with van der Waals surface area (Å²) in [5.74, 6) is -2.32. The van der Waals surface area contributed by atoms with Gasteiger partial charge in [-0.05, 0) is 61.1 Å². The molecule has 1 aromatic carbocycles. The van der Waals surface area contributed by atoms with Crippen LogP contribution in [0.25, 0.3) is 11.5 Å². The molecule has 186 valence electrons. The summed E-state index contributed by atoms with van der Waals surface area (Å²) >= 11 is 0. The summed E-state index contributed by atoms with van der Waals surface area (Å²) < 4.78 is 37.1. The van der Waals surface area contributed by atoms with Crippen molar-refractivity contribution in [1.82, 2.24) is 15.1 Å². The molecular weight excluding hydrogens is 465 g/mol. The summed E-state index contributed by atoms with van der Waals surface area (Å²) in [6, 6.07) is 12.4. The quantitative estimate of drug-likeness (QED) is 0.496. The van der Waals surface area contributed by atoms with Crippen molar-refractivity contribution in [2.24, 2.45) is 0 Å². The number of fused-ring (bicyclic) bond motifs is 1. The third-order valence-electron chi connectivity index (χ3n) is 6.23. The number of nitrogens with one attached hydrogen (secondary N) is 2. The first-order chi connectivity index (χ1) is 16.7. The number of furan rings is 1. The van der Waals surface area contributed by atoms with Gasteiger partial charge in [-0.2, -0.15) is 18.3 Å². The van der Waals surface area contributed by atoms with Crippen LogP contribution in [0.4, 0.5) is 18.9 Å². The number of amides is 1. The van der Waals surface area contributed by atoms with E-state index < -0.39 is 12.1 Å². The number of H-pyrrole nitrogens is 1. The Hall–Kier alpha value is -3.60. The number of carbonyl (C=O) groups excluding carboxylic acids is 1. The summed E-state index contributed by atoms with van der Waals surface area (Å²) in [7, 11) is 0. The Labute approximate surface area is 199 Å². The SMILES string of the molecule is O=C(Nc1ccc2c(c1)CCN(C1CCC1)CC2)c1cc(-c2ccco2)[nH]n1.O=C(O)C(F)(F)F. The molecule has 0 unspecified atom stereocenters. The molecule has 8 nitrogen and oxygen atoms in total. The number of carbonyl (C=O) groups is 2. The molecule has 1 aliphatic carbocycles. The molecule has 0 radical (unpaired) electrons. The number of aromatic amines is 1. The Morgan fingerprint density at radius 3 is 2.43 bits per heavy atom. The van der Waals surface area contributed by atoms with Crippen LogP contribution < -0.4 is 5.32 Å². The maximum absolute atomic E-state index is 12.6. The van der Waals surface area contributed by atoms with Gasteiger partial charge in [-0.15, -0.1) is 0 Å². The number of aliphatic carboxylic acids is 1. The summed E-state index contributed by atoms with van der Waals surface area (Å²) in [6.07, 6.45) is 2.71. The molecular formula is C24H25F3N4O4. The van der Waals surface area contributed by atoms with Crippen molar-refractivity contribution in [1.29, 1.82) is 0 Å². The van der Waals surface area contributed by atoms with Crippen molar-refractivity contribution < 1.29 is 32.3 Å². The fourth-order valence-corrected chi connectivity index (χ4v) is 4.13. The lowest BCUT2D eigenvalue weighted by Gasteiger charge is -2.36. The van der Waals surface area contributed by atoms with Gasteiger partial charge in [-0.1, -0.05) is 12.5 Å². The highest BCUT2D eigenvalue weighted by Crippen LogP contribution is 2.28. The second kappa shape index (κ2) is 10.3. The third-order valence-corrected chi connectivity index (χ3v) is 6.23. The predicted molar refractivity (Wildman–Crippen MR) is 121 cm³/mol. The van der Waals surface area contributed by atoms with E-state index in [9.17, 15) is 18.0 Å². The van der Waals surface area contributed by atoms with Crippen molar-refractivity contribution in [3.8, 4) is 11.5 Å². The number of hydrogen-bond acceptors (Lipinski definition) is 5. The molecule has 11 heteroatoms. The zero-order valence-corrected chi connectivity index (χ0v) is 18.8. The zero-order chi connectivity index (χ0) is 25.0. The van der Waals surface area contributed by atoms with Crippen LogP contribution in [0.1, 0.15) is 40.9 Å². The van der Waals surface area contributed by atoms with E-state index in [2.05, 4.69) is 32.5 Å². The molecule has 35 heavy (non-hydrogen) atoms. The molecule has 1 amide bonds. The van der Waals surface area contributed by atoms with Crippen LogP contribution in [0.2, 0.25) is 0 Å². The molecule has 1 fully saturated rings. The molecule has 0 atom stereocenters. The van der Waals surface area contributed by atoms with Crippen LogP contribution in [0.3, 0.4) is 0 Å². The van der Waals surface area contributed by atoms with Crippen LogP contribution in [0.5, 0.6) is 0 Å². The fraction of sp³-hybridized carbons (Fsp3) is 0.375. The van der Waals surface area contributed by atoms with Gasteiger partial charge in [0.25, 0.3) is 5.91 Å². The minimum Gasteiger partial charge on any atom is -0.475 e. The van der Waals surface area contributed by atoms with E-state index in [0.29, 0.717) is 17.1 Å². The smallest absolute Gasteiger partial charge is 0.475 e. The number of aromatic nitrogens is 2. The van der Waals surface area contributed by atoms with Crippen LogP contribution in [0, 0.1) is 0 Å². The van der Waals surface area contributed by atoms with Gasteiger partial charge in [0, 0.05) is 30.9 Å². The lowest BCUT2D eigenvalue weighted by Crippen LogP contribution is -2.41. The first kappa shape index (κ1) is 24.5. The summed E-state index contributed by atoms with van der Waals surface area (Å²) in [4.78, 5) is 24.1. The van der Waals surface area contributed by atoms with Gasteiger partial charge >= 0.3 is 12.1 Å². The fourth-order valence-electron chi connectivity index (χ4n) is 4.13. The summed E-state index contributed by atoms with van der Waals surface area (Å²) in [5, 5.41) is 17.1. The van der Waals surface area contributed by atoms with Crippen molar-refractivity contribution in [3.05, 3.63) is 59.5 Å². The lowest BCUT2D eigenvalue weighted by atomic mass is 9.91. The number of hydrogen-bond donors (Lipinski definition) is 3. The second-order valence-corrected chi connectivity index (χ2v) is 8.51. The molecule has 1 saturated carbocycles. The molecule has 2 aromatic heterocycles. The van der Waals surface area contributed by atoms with Crippen LogP contribution >= 0.6 is 0 Å². The highest BCUT2D eigenvalue weighted by molar-refractivity contribution is 6.03. The van der Waals surface area contributed by atoms with Crippen LogP contribution in [0.15, 0.2) is 47.1 Å². The molecule has 3 aromatic rings. The van der Waals surface area contributed by atoms with Gasteiger partial charge in [0.1, 0.15) is 5.69 Å². The number of halogens is 3. The number of carboxylic acid groups (broad SMARTS) is 1. The monoisotopic (exact) mass is 490 g/mol. The van der Waals surface area contributed by atoms with Crippen molar-refractivity contribution in [2.45, 2.75) is 44.3 Å². The predicted octanol–water partition coefficient (Wildman–Crippen LogP) is 4.51. The topological polar surface area (TPSA) is 111 Å². The Balaban J connectivity index is 0.000000364. The Morgan fingerprint density at radius 2 is 1.83 bits per heavy atom. The minimum atomic E-state index is -5.08. The van der Waals surface area contributed by atoms with Crippen molar-refractivity contribution >= 4 is 17.6 Å². The number of alkyl halides is 3. The van der Waals surface area contributed by atoms with Gasteiger partial charge in [-0.25, -0.2) is 4.79 Å². The van der Waals surface area contributed by atoms with Crippen LogP contribution in [-0.2, 0) is 17.6 Å². The van der Waals surface area contributed by atoms with Crippen molar-refractivity contribution in [3.63, 3.8) is 0 Å². The standard InChI is InChI=1S/C22H24N4O2.C2HF3O2/c27-22(20-14-19(24-25-20)21-5-2-12-28-21)23-17-7-6-15-8-10-26(18-3-1-4-18)11-9-16(15)13-17;3-2(4,5)1(6)7/h2,5-7,12-14,18H,1,3-4,8-11H2,(H,23,27)(H,24,25);(H,6,7). The Kier molecular flexibility index (Phi) is 7.25. The molecule has 0 spiro atoms. The first-order valence-electron chi connectivity index (χ1n) is 11.3. The maximum Gasteiger partial charge on any atom is 0.490 e.